The van der Waals surface area contributed by atoms with Gasteiger partial charge in [0.1, 0.15) is 30.0 Å². The molecule has 4 aromatic rings. The third-order valence-electron chi connectivity index (χ3n) is 9.96. The van der Waals surface area contributed by atoms with Gasteiger partial charge in [-0.2, -0.15) is 5.26 Å². The Morgan fingerprint density at radius 3 is 2.36 bits per heavy atom. The summed E-state index contributed by atoms with van der Waals surface area (Å²) < 4.78 is 18.1. The van der Waals surface area contributed by atoms with Gasteiger partial charge in [-0.15, -0.1) is 11.3 Å². The lowest BCUT2D eigenvalue weighted by molar-refractivity contribution is -0.149. The van der Waals surface area contributed by atoms with Crippen LogP contribution in [0.5, 0.6) is 11.5 Å². The summed E-state index contributed by atoms with van der Waals surface area (Å²) in [6.45, 7) is 7.86. The highest BCUT2D eigenvalue weighted by Gasteiger charge is 2.55. The lowest BCUT2D eigenvalue weighted by atomic mass is 9.82. The van der Waals surface area contributed by atoms with Crippen LogP contribution in [0.3, 0.4) is 0 Å². The van der Waals surface area contributed by atoms with E-state index in [2.05, 4.69) is 53.4 Å². The molecule has 8 rings (SSSR count). The molecule has 4 aliphatic rings. The summed E-state index contributed by atoms with van der Waals surface area (Å²) in [5, 5.41) is 9.59. The van der Waals surface area contributed by atoms with E-state index in [-0.39, 0.29) is 11.7 Å². The summed E-state index contributed by atoms with van der Waals surface area (Å²) in [6, 6.07) is 28.4. The first-order chi connectivity index (χ1) is 22.7. The second-order valence-electron chi connectivity index (χ2n) is 14.3. The van der Waals surface area contributed by atoms with E-state index in [1.807, 2.05) is 37.3 Å². The fourth-order valence-corrected chi connectivity index (χ4v) is 9.32. The third-order valence-corrected chi connectivity index (χ3v) is 11.2. The van der Waals surface area contributed by atoms with Crippen molar-refractivity contribution in [3.05, 3.63) is 89.5 Å². The highest BCUT2D eigenvalue weighted by atomic mass is 32.1. The van der Waals surface area contributed by atoms with Crippen molar-refractivity contribution in [3.8, 4) is 38.4 Å². The van der Waals surface area contributed by atoms with Crippen molar-refractivity contribution in [1.29, 1.82) is 5.26 Å². The van der Waals surface area contributed by atoms with E-state index in [0.29, 0.717) is 18.6 Å². The highest BCUT2D eigenvalue weighted by molar-refractivity contribution is 7.19. The Bertz CT molecular complexity index is 1930. The molecule has 0 spiro atoms. The van der Waals surface area contributed by atoms with Crippen molar-refractivity contribution >= 4 is 34.8 Å². The summed E-state index contributed by atoms with van der Waals surface area (Å²) in [6.07, 6.45) is 5.57. The number of hydrogen-bond acceptors (Lipinski definition) is 7. The van der Waals surface area contributed by atoms with Crippen LogP contribution < -0.4 is 14.4 Å². The molecule has 3 heterocycles. The second kappa shape index (κ2) is 11.3. The Hall–Kier alpha value is -4.54. The molecule has 238 valence electrons. The summed E-state index contributed by atoms with van der Waals surface area (Å²) in [7, 11) is 0. The van der Waals surface area contributed by atoms with E-state index < -0.39 is 11.6 Å². The van der Waals surface area contributed by atoms with Crippen LogP contribution in [0.2, 0.25) is 0 Å². The van der Waals surface area contributed by atoms with Gasteiger partial charge in [0.15, 0.2) is 11.5 Å². The van der Waals surface area contributed by atoms with Gasteiger partial charge in [-0.1, -0.05) is 54.6 Å². The first kappa shape index (κ1) is 29.8. The Morgan fingerprint density at radius 1 is 0.957 bits per heavy atom. The van der Waals surface area contributed by atoms with Crippen molar-refractivity contribution in [2.24, 2.45) is 11.8 Å². The number of hydrogen-bond donors (Lipinski definition) is 0. The lowest BCUT2D eigenvalue weighted by Gasteiger charge is -2.33. The summed E-state index contributed by atoms with van der Waals surface area (Å²) in [4.78, 5) is 17.2. The maximum Gasteiger partial charge on any atom is 0.349 e. The van der Waals surface area contributed by atoms with Crippen molar-refractivity contribution in [1.82, 2.24) is 0 Å². The van der Waals surface area contributed by atoms with Crippen LogP contribution in [0.25, 0.3) is 27.0 Å². The van der Waals surface area contributed by atoms with E-state index in [1.165, 1.54) is 36.2 Å². The first-order valence-electron chi connectivity index (χ1n) is 16.6. The van der Waals surface area contributed by atoms with Crippen LogP contribution in [0.15, 0.2) is 78.4 Å². The van der Waals surface area contributed by atoms with Gasteiger partial charge in [0, 0.05) is 23.3 Å². The Labute approximate surface area is 280 Å². The molecule has 0 N–H and O–H groups in total. The predicted molar refractivity (Wildman–Crippen MR) is 186 cm³/mol. The number of thiophene rings is 1. The van der Waals surface area contributed by atoms with Crippen LogP contribution >= 0.6 is 11.3 Å². The fraction of sp³-hybridized carbons (Fsp3) is 0.350. The van der Waals surface area contributed by atoms with Gasteiger partial charge >= 0.3 is 5.97 Å². The molecule has 1 aromatic heterocycles. The smallest absolute Gasteiger partial charge is 0.349 e. The van der Waals surface area contributed by atoms with Gasteiger partial charge in [-0.3, -0.25) is 0 Å². The molecule has 2 saturated carbocycles. The van der Waals surface area contributed by atoms with Gasteiger partial charge < -0.3 is 19.1 Å². The molecule has 5 unspecified atom stereocenters. The number of anilines is 2. The molecule has 5 atom stereocenters. The van der Waals surface area contributed by atoms with Crippen molar-refractivity contribution in [2.45, 2.75) is 70.6 Å². The summed E-state index contributed by atoms with van der Waals surface area (Å²) in [5.74, 6) is 3.15. The van der Waals surface area contributed by atoms with E-state index in [1.54, 1.807) is 38.2 Å². The molecule has 2 fully saturated rings. The number of carbonyl (C=O) groups excluding carboxylic acids is 1. The molecule has 0 amide bonds. The fourth-order valence-electron chi connectivity index (χ4n) is 8.13. The van der Waals surface area contributed by atoms with Crippen LogP contribution in [0, 0.1) is 23.2 Å². The van der Waals surface area contributed by atoms with Gasteiger partial charge in [0.2, 0.25) is 0 Å². The number of benzene rings is 3. The van der Waals surface area contributed by atoms with Crippen molar-refractivity contribution < 1.29 is 19.0 Å². The normalized spacial score (nSPS) is 24.1. The summed E-state index contributed by atoms with van der Waals surface area (Å²) >= 11 is 1.67. The minimum atomic E-state index is -0.676. The number of nitriles is 1. The van der Waals surface area contributed by atoms with Gasteiger partial charge in [0.25, 0.3) is 0 Å². The Kier molecular flexibility index (Phi) is 7.18. The number of ether oxygens (including phenoxy) is 3. The van der Waals surface area contributed by atoms with Crippen LogP contribution in [0.4, 0.5) is 11.4 Å². The Morgan fingerprint density at radius 2 is 1.64 bits per heavy atom. The third kappa shape index (κ3) is 5.20. The molecule has 47 heavy (non-hydrogen) atoms. The Balaban J connectivity index is 1.10. The second-order valence-corrected chi connectivity index (χ2v) is 15.3. The zero-order chi connectivity index (χ0) is 32.4. The average Bonchev–Trinajstić information content (AvgIpc) is 3.84. The van der Waals surface area contributed by atoms with Crippen LogP contribution in [0.1, 0.15) is 64.0 Å². The van der Waals surface area contributed by atoms with Crippen molar-refractivity contribution in [3.63, 3.8) is 0 Å². The maximum absolute atomic E-state index is 12.5. The van der Waals surface area contributed by atoms with E-state index in [9.17, 15) is 10.1 Å². The van der Waals surface area contributed by atoms with E-state index in [4.69, 9.17) is 14.2 Å². The molecule has 0 radical (unpaired) electrons. The first-order valence-corrected chi connectivity index (χ1v) is 17.4. The zero-order valence-corrected chi connectivity index (χ0v) is 28.0. The van der Waals surface area contributed by atoms with Gasteiger partial charge in [-0.05, 0) is 105 Å². The van der Waals surface area contributed by atoms with E-state index >= 15 is 0 Å². The largest absolute Gasteiger partial charge is 0.484 e. The predicted octanol–water partition coefficient (Wildman–Crippen LogP) is 9.52. The monoisotopic (exact) mass is 642 g/mol. The molecule has 6 nitrogen and oxygen atoms in total. The van der Waals surface area contributed by atoms with Crippen LogP contribution in [-0.2, 0) is 9.53 Å². The average molecular weight is 643 g/mol. The number of fused-ring (bicyclic) bond motifs is 8. The number of carbonyl (C=O) groups is 1. The minimum absolute atomic E-state index is 0.0363. The standard InChI is InChI=1S/C40H38N2O4S/c1-23-22-44-35-36(45-23)38(25-11-9-24(10-12-25)19-29(21-41)39(43)46-40(2,3)4)47-37(35)26-15-17-30(18-16-26)42-32-8-6-5-7-31(32)33-27-13-14-28(20-27)34(33)42/h5-12,15-19,23,27-28,33-34H,13-14,20,22H2,1-4H3/b29-19+. The molecule has 3 aromatic carbocycles. The van der Waals surface area contributed by atoms with E-state index in [0.717, 1.165) is 49.8 Å². The molecule has 2 aliphatic heterocycles. The molecular formula is C40H38N2O4S. The molecule has 7 heteroatoms. The van der Waals surface area contributed by atoms with Gasteiger partial charge in [-0.25, -0.2) is 4.79 Å². The lowest BCUT2D eigenvalue weighted by Crippen LogP contribution is -2.35. The molecular weight excluding hydrogens is 605 g/mol. The number of esters is 1. The minimum Gasteiger partial charge on any atom is -0.484 e. The zero-order valence-electron chi connectivity index (χ0n) is 27.2. The quantitative estimate of drug-likeness (QED) is 0.123. The number of para-hydroxylation sites is 1. The number of rotatable bonds is 5. The molecule has 2 bridgehead atoms. The molecule has 2 aliphatic carbocycles. The number of nitrogens with zero attached hydrogens (tertiary/aromatic N) is 2. The van der Waals surface area contributed by atoms with Crippen LogP contribution in [-0.4, -0.2) is 30.3 Å². The van der Waals surface area contributed by atoms with Crippen molar-refractivity contribution in [2.75, 3.05) is 11.5 Å². The maximum atomic E-state index is 12.5. The SMILES string of the molecule is CC1COc2c(-c3ccc(N4c5ccccc5C5C6CCC(C6)C54)cc3)sc(-c3ccc(/C=C(\C#N)C(=O)OC(C)(C)C)cc3)c2O1. The highest BCUT2D eigenvalue weighted by Crippen LogP contribution is 2.62. The molecule has 0 saturated heterocycles. The summed E-state index contributed by atoms with van der Waals surface area (Å²) in [5.41, 5.74) is 6.27. The topological polar surface area (TPSA) is 71.8 Å². The van der Waals surface area contributed by atoms with Gasteiger partial charge in [0.05, 0.1) is 9.75 Å².